The van der Waals surface area contributed by atoms with Crippen LogP contribution in [0.5, 0.6) is 0 Å². The maximum atomic E-state index is 13.0. The van der Waals surface area contributed by atoms with Gasteiger partial charge in [0.25, 0.3) is 5.91 Å². The Hall–Kier alpha value is -3.21. The zero-order valence-corrected chi connectivity index (χ0v) is 16.7. The lowest BCUT2D eigenvalue weighted by Crippen LogP contribution is -2.06. The van der Waals surface area contributed by atoms with Crippen LogP contribution in [0.4, 0.5) is 5.69 Å². The van der Waals surface area contributed by atoms with E-state index in [1.807, 2.05) is 60.7 Å². The standard InChI is InChI=1S/C23H14ClN3O.ClH/c24-16-7-9-18-17(13-16)22(23(28)27-18)21(14-4-2-1-3-5-14)15-6-8-19-20(12-15)26-11-10-25-19;/h1-13H,(H,27,28);1H/b22-21+;. The van der Waals surface area contributed by atoms with Crippen LogP contribution < -0.4 is 5.32 Å². The molecule has 0 saturated heterocycles. The molecule has 1 aliphatic rings. The van der Waals surface area contributed by atoms with E-state index in [1.54, 1.807) is 18.5 Å². The zero-order chi connectivity index (χ0) is 19.1. The van der Waals surface area contributed by atoms with Crippen molar-refractivity contribution in [3.05, 3.63) is 101 Å². The molecule has 6 heteroatoms. The largest absolute Gasteiger partial charge is 0.321 e. The number of hydrogen-bond donors (Lipinski definition) is 1. The fourth-order valence-corrected chi connectivity index (χ4v) is 3.74. The first-order valence-electron chi connectivity index (χ1n) is 8.83. The van der Waals surface area contributed by atoms with E-state index in [2.05, 4.69) is 15.3 Å². The number of halogens is 2. The van der Waals surface area contributed by atoms with Crippen molar-refractivity contribution in [2.24, 2.45) is 0 Å². The molecule has 5 rings (SSSR count). The van der Waals surface area contributed by atoms with Crippen LogP contribution in [0.2, 0.25) is 5.02 Å². The number of anilines is 1. The maximum absolute atomic E-state index is 13.0. The molecular formula is C23H15Cl2N3O. The van der Waals surface area contributed by atoms with Crippen LogP contribution in [0.1, 0.15) is 16.7 Å². The third-order valence-electron chi connectivity index (χ3n) is 4.80. The van der Waals surface area contributed by atoms with Gasteiger partial charge in [-0.05, 0) is 41.5 Å². The van der Waals surface area contributed by atoms with Gasteiger partial charge in [-0.1, -0.05) is 48.0 Å². The van der Waals surface area contributed by atoms with Gasteiger partial charge in [0.1, 0.15) is 0 Å². The molecule has 0 atom stereocenters. The first-order valence-corrected chi connectivity index (χ1v) is 9.20. The van der Waals surface area contributed by atoms with E-state index >= 15 is 0 Å². The molecule has 4 aromatic rings. The van der Waals surface area contributed by atoms with E-state index in [0.29, 0.717) is 10.6 Å². The molecule has 1 aromatic heterocycles. The van der Waals surface area contributed by atoms with Crippen molar-refractivity contribution in [3.63, 3.8) is 0 Å². The molecule has 0 spiro atoms. The molecule has 0 unspecified atom stereocenters. The Morgan fingerprint density at radius 3 is 2.38 bits per heavy atom. The van der Waals surface area contributed by atoms with Crippen LogP contribution in [0.3, 0.4) is 0 Å². The average molecular weight is 420 g/mol. The molecule has 4 nitrogen and oxygen atoms in total. The number of carbonyl (C=O) groups is 1. The molecule has 0 aliphatic carbocycles. The lowest BCUT2D eigenvalue weighted by atomic mass is 9.90. The Labute approximate surface area is 178 Å². The van der Waals surface area contributed by atoms with Gasteiger partial charge in [0.2, 0.25) is 0 Å². The molecule has 0 bridgehead atoms. The smallest absolute Gasteiger partial charge is 0.257 e. The molecule has 1 aliphatic heterocycles. The summed E-state index contributed by atoms with van der Waals surface area (Å²) in [6.07, 6.45) is 3.33. The predicted molar refractivity (Wildman–Crippen MR) is 119 cm³/mol. The normalized spacial score (nSPS) is 14.2. The lowest BCUT2D eigenvalue weighted by Gasteiger charge is -2.13. The van der Waals surface area contributed by atoms with Crippen LogP contribution in [0.15, 0.2) is 79.1 Å². The summed E-state index contributed by atoms with van der Waals surface area (Å²) in [5, 5.41) is 3.54. The van der Waals surface area contributed by atoms with Crippen LogP contribution in [0.25, 0.3) is 22.2 Å². The van der Waals surface area contributed by atoms with Gasteiger partial charge in [0, 0.05) is 34.2 Å². The minimum atomic E-state index is -0.143. The molecule has 142 valence electrons. The fraction of sp³-hybridized carbons (Fsp3) is 0. The number of fused-ring (bicyclic) bond motifs is 2. The van der Waals surface area contributed by atoms with E-state index in [9.17, 15) is 4.79 Å². The van der Waals surface area contributed by atoms with Gasteiger partial charge in [-0.15, -0.1) is 12.4 Å². The Morgan fingerprint density at radius 2 is 1.59 bits per heavy atom. The highest BCUT2D eigenvalue weighted by Gasteiger charge is 2.29. The first kappa shape index (κ1) is 19.1. The quantitative estimate of drug-likeness (QED) is 0.429. The van der Waals surface area contributed by atoms with Gasteiger partial charge in [-0.2, -0.15) is 0 Å². The van der Waals surface area contributed by atoms with Crippen molar-refractivity contribution in [2.45, 2.75) is 0 Å². The summed E-state index contributed by atoms with van der Waals surface area (Å²) in [4.78, 5) is 21.7. The second-order valence-electron chi connectivity index (χ2n) is 6.52. The van der Waals surface area contributed by atoms with Crippen LogP contribution >= 0.6 is 24.0 Å². The van der Waals surface area contributed by atoms with Crippen molar-refractivity contribution in [2.75, 3.05) is 5.32 Å². The highest BCUT2D eigenvalue weighted by Crippen LogP contribution is 2.41. The number of amides is 1. The number of rotatable bonds is 2. The topological polar surface area (TPSA) is 54.9 Å². The molecule has 29 heavy (non-hydrogen) atoms. The van der Waals surface area contributed by atoms with E-state index in [-0.39, 0.29) is 18.3 Å². The minimum Gasteiger partial charge on any atom is -0.321 e. The Bertz CT molecular complexity index is 1270. The molecular weight excluding hydrogens is 405 g/mol. The highest BCUT2D eigenvalue weighted by molar-refractivity contribution is 6.39. The van der Waals surface area contributed by atoms with Crippen molar-refractivity contribution >= 4 is 57.8 Å². The van der Waals surface area contributed by atoms with Gasteiger partial charge in [0.05, 0.1) is 16.6 Å². The molecule has 2 heterocycles. The highest BCUT2D eigenvalue weighted by atomic mass is 35.5. The van der Waals surface area contributed by atoms with Gasteiger partial charge < -0.3 is 5.32 Å². The number of aromatic nitrogens is 2. The SMILES string of the molecule is Cl.O=C1Nc2ccc(Cl)cc2/C1=C(/c1ccccc1)c1ccc2nccnc2c1. The Kier molecular flexibility index (Phi) is 5.05. The molecule has 1 N–H and O–H groups in total. The second kappa shape index (κ2) is 7.66. The third-order valence-corrected chi connectivity index (χ3v) is 5.03. The van der Waals surface area contributed by atoms with Gasteiger partial charge in [-0.25, -0.2) is 0 Å². The number of nitrogens with one attached hydrogen (secondary N) is 1. The minimum absolute atomic E-state index is 0. The van der Waals surface area contributed by atoms with Crippen LogP contribution in [-0.4, -0.2) is 15.9 Å². The molecule has 0 radical (unpaired) electrons. The van der Waals surface area contributed by atoms with E-state index < -0.39 is 0 Å². The van der Waals surface area contributed by atoms with Crippen molar-refractivity contribution in [3.8, 4) is 0 Å². The summed E-state index contributed by atoms with van der Waals surface area (Å²) in [6, 6.07) is 21.2. The summed E-state index contributed by atoms with van der Waals surface area (Å²) >= 11 is 6.23. The van der Waals surface area contributed by atoms with Crippen molar-refractivity contribution < 1.29 is 4.79 Å². The monoisotopic (exact) mass is 419 g/mol. The van der Waals surface area contributed by atoms with Crippen molar-refractivity contribution in [1.29, 1.82) is 0 Å². The molecule has 0 fully saturated rings. The fourth-order valence-electron chi connectivity index (χ4n) is 3.57. The molecule has 0 saturated carbocycles. The summed E-state index contributed by atoms with van der Waals surface area (Å²) in [7, 11) is 0. The van der Waals surface area contributed by atoms with E-state index in [0.717, 1.165) is 39.0 Å². The number of carbonyl (C=O) groups excluding carboxylic acids is 1. The summed E-state index contributed by atoms with van der Waals surface area (Å²) < 4.78 is 0. The third kappa shape index (κ3) is 3.37. The molecule has 3 aromatic carbocycles. The van der Waals surface area contributed by atoms with E-state index in [1.165, 1.54) is 0 Å². The summed E-state index contributed by atoms with van der Waals surface area (Å²) in [6.45, 7) is 0. The van der Waals surface area contributed by atoms with Gasteiger partial charge in [-0.3, -0.25) is 14.8 Å². The number of hydrogen-bond acceptors (Lipinski definition) is 3. The molecule has 1 amide bonds. The second-order valence-corrected chi connectivity index (χ2v) is 6.96. The van der Waals surface area contributed by atoms with Crippen LogP contribution in [-0.2, 0) is 4.79 Å². The Balaban J connectivity index is 0.00000205. The Morgan fingerprint density at radius 1 is 0.828 bits per heavy atom. The van der Waals surface area contributed by atoms with Gasteiger partial charge >= 0.3 is 0 Å². The lowest BCUT2D eigenvalue weighted by molar-refractivity contribution is -0.110. The first-order chi connectivity index (χ1) is 13.7. The van der Waals surface area contributed by atoms with Gasteiger partial charge in [0.15, 0.2) is 0 Å². The zero-order valence-electron chi connectivity index (χ0n) is 15.1. The van der Waals surface area contributed by atoms with Crippen LogP contribution in [0, 0.1) is 0 Å². The van der Waals surface area contributed by atoms with E-state index in [4.69, 9.17) is 11.6 Å². The average Bonchev–Trinajstić information content (AvgIpc) is 3.04. The number of benzene rings is 3. The summed E-state index contributed by atoms with van der Waals surface area (Å²) in [5.41, 5.74) is 6.44. The number of nitrogens with zero attached hydrogens (tertiary/aromatic N) is 2. The summed E-state index contributed by atoms with van der Waals surface area (Å²) in [5.74, 6) is -0.143. The maximum Gasteiger partial charge on any atom is 0.257 e. The predicted octanol–water partition coefficient (Wildman–Crippen LogP) is 5.62. The van der Waals surface area contributed by atoms with Crippen molar-refractivity contribution in [1.82, 2.24) is 9.97 Å².